The molecule has 0 aromatic carbocycles. The molecule has 0 radical (unpaired) electrons. The largest absolute Gasteiger partial charge is 0.492 e. The number of aromatic hydroxyl groups is 1. The molecular formula is C22H27N5O5. The summed E-state index contributed by atoms with van der Waals surface area (Å²) in [5.74, 6) is -1.11. The SMILES string of the molecule is CC(C)Cn1c(=O)c(C(=O)NC2CC2)c(O)n2ncc(/C=C/C(=O)N3C[C@H]4C[C@@H]3CO4)c12. The monoisotopic (exact) mass is 441 g/mol. The molecule has 0 spiro atoms. The van der Waals surface area contributed by atoms with Gasteiger partial charge in [0.05, 0.1) is 24.9 Å². The molecule has 170 valence electrons. The van der Waals surface area contributed by atoms with Gasteiger partial charge < -0.3 is 20.1 Å². The summed E-state index contributed by atoms with van der Waals surface area (Å²) >= 11 is 0. The van der Waals surface area contributed by atoms with Crippen LogP contribution in [0.25, 0.3) is 11.7 Å². The Kier molecular flexibility index (Phi) is 5.04. The predicted molar refractivity (Wildman–Crippen MR) is 115 cm³/mol. The van der Waals surface area contributed by atoms with Crippen molar-refractivity contribution in [2.45, 2.75) is 57.8 Å². The second kappa shape index (κ2) is 7.77. The molecule has 2 aromatic heterocycles. The second-order valence-corrected chi connectivity index (χ2v) is 9.26. The van der Waals surface area contributed by atoms with E-state index in [1.165, 1.54) is 21.4 Å². The van der Waals surface area contributed by atoms with Crippen molar-refractivity contribution in [3.8, 4) is 5.88 Å². The van der Waals surface area contributed by atoms with E-state index in [2.05, 4.69) is 10.4 Å². The van der Waals surface area contributed by atoms with Crippen LogP contribution >= 0.6 is 0 Å². The average molecular weight is 441 g/mol. The Morgan fingerprint density at radius 1 is 1.38 bits per heavy atom. The van der Waals surface area contributed by atoms with Crippen LogP contribution in [0.5, 0.6) is 5.88 Å². The minimum atomic E-state index is -0.594. The lowest BCUT2D eigenvalue weighted by molar-refractivity contribution is -0.130. The molecule has 3 aliphatic rings. The van der Waals surface area contributed by atoms with E-state index in [1.807, 2.05) is 13.8 Å². The lowest BCUT2D eigenvalue weighted by atomic mass is 10.2. The van der Waals surface area contributed by atoms with Gasteiger partial charge in [0.2, 0.25) is 11.8 Å². The van der Waals surface area contributed by atoms with Crippen LogP contribution in [-0.2, 0) is 16.1 Å². The Morgan fingerprint density at radius 3 is 2.78 bits per heavy atom. The van der Waals surface area contributed by atoms with Gasteiger partial charge in [0.15, 0.2) is 5.56 Å². The first-order valence-corrected chi connectivity index (χ1v) is 11.1. The number of likely N-dealkylation sites (tertiary alicyclic amines) is 1. The standard InChI is InChI=1S/C22H27N5O5/c1-12(2)9-26-20-13(3-6-17(28)25-10-16-7-15(25)11-32-16)8-23-27(20)22(31)18(21(26)30)19(29)24-14-4-5-14/h3,6,8,12,14-16,31H,4-5,7,9-11H2,1-2H3,(H,24,29)/b6-3+/t15-,16-/m1/s1. The van der Waals surface area contributed by atoms with Crippen molar-refractivity contribution >= 4 is 23.5 Å². The smallest absolute Gasteiger partial charge is 0.270 e. The molecular weight excluding hydrogens is 414 g/mol. The van der Waals surface area contributed by atoms with Crippen molar-refractivity contribution < 1.29 is 19.4 Å². The van der Waals surface area contributed by atoms with Crippen LogP contribution in [0.3, 0.4) is 0 Å². The van der Waals surface area contributed by atoms with E-state index in [0.717, 1.165) is 19.3 Å². The average Bonchev–Trinajstić information content (AvgIpc) is 3.15. The summed E-state index contributed by atoms with van der Waals surface area (Å²) in [5, 5.41) is 17.7. The lowest BCUT2D eigenvalue weighted by Crippen LogP contribution is -2.40. The molecule has 5 rings (SSSR count). The number of ether oxygens (including phenoxy) is 1. The van der Waals surface area contributed by atoms with Gasteiger partial charge in [-0.25, -0.2) is 0 Å². The van der Waals surface area contributed by atoms with Crippen LogP contribution in [0.1, 0.15) is 49.0 Å². The maximum absolute atomic E-state index is 13.3. The highest BCUT2D eigenvalue weighted by molar-refractivity contribution is 5.97. The molecule has 10 nitrogen and oxygen atoms in total. The number of hydrogen-bond acceptors (Lipinski definition) is 6. The highest BCUT2D eigenvalue weighted by atomic mass is 16.5. The molecule has 4 heterocycles. The first-order valence-electron chi connectivity index (χ1n) is 11.1. The fourth-order valence-corrected chi connectivity index (χ4v) is 4.47. The van der Waals surface area contributed by atoms with Gasteiger partial charge in [0.1, 0.15) is 5.65 Å². The van der Waals surface area contributed by atoms with Crippen LogP contribution in [0, 0.1) is 5.92 Å². The van der Waals surface area contributed by atoms with Gasteiger partial charge in [-0.2, -0.15) is 9.61 Å². The number of rotatable bonds is 6. The zero-order chi connectivity index (χ0) is 22.6. The second-order valence-electron chi connectivity index (χ2n) is 9.26. The van der Waals surface area contributed by atoms with Crippen molar-refractivity contribution in [1.82, 2.24) is 24.4 Å². The zero-order valence-corrected chi connectivity index (χ0v) is 18.2. The lowest BCUT2D eigenvalue weighted by Gasteiger charge is -2.25. The van der Waals surface area contributed by atoms with Crippen LogP contribution in [0.2, 0.25) is 0 Å². The Labute approximate surface area is 184 Å². The first-order chi connectivity index (χ1) is 15.3. The van der Waals surface area contributed by atoms with E-state index in [4.69, 9.17) is 4.74 Å². The molecule has 2 bridgehead atoms. The van der Waals surface area contributed by atoms with Crippen molar-refractivity contribution in [2.75, 3.05) is 13.2 Å². The molecule has 1 saturated carbocycles. The number of nitrogens with one attached hydrogen (secondary N) is 1. The molecule has 2 atom stereocenters. The summed E-state index contributed by atoms with van der Waals surface area (Å²) in [4.78, 5) is 40.4. The van der Waals surface area contributed by atoms with Gasteiger partial charge in [-0.05, 0) is 31.3 Å². The maximum Gasteiger partial charge on any atom is 0.270 e. The highest BCUT2D eigenvalue weighted by Crippen LogP contribution is 2.28. The molecule has 2 aromatic rings. The van der Waals surface area contributed by atoms with Gasteiger partial charge >= 0.3 is 0 Å². The molecule has 10 heteroatoms. The summed E-state index contributed by atoms with van der Waals surface area (Å²) in [7, 11) is 0. The van der Waals surface area contributed by atoms with E-state index in [9.17, 15) is 19.5 Å². The fraction of sp³-hybridized carbons (Fsp3) is 0.545. The third-order valence-corrected chi connectivity index (χ3v) is 6.19. The summed E-state index contributed by atoms with van der Waals surface area (Å²) in [5.41, 5.74) is -0.0224. The number of aromatic nitrogens is 3. The third kappa shape index (κ3) is 3.58. The number of carbonyl (C=O) groups is 2. The summed E-state index contributed by atoms with van der Waals surface area (Å²) in [6.45, 7) is 5.40. The van der Waals surface area contributed by atoms with Crippen molar-refractivity contribution in [1.29, 1.82) is 0 Å². The highest BCUT2D eigenvalue weighted by Gasteiger charge is 2.40. The molecule has 1 aliphatic carbocycles. The molecule has 2 N–H and O–H groups in total. The molecule has 2 amide bonds. The van der Waals surface area contributed by atoms with Gasteiger partial charge in [-0.3, -0.25) is 19.0 Å². The number of fused-ring (bicyclic) bond motifs is 3. The zero-order valence-electron chi connectivity index (χ0n) is 18.2. The number of nitrogens with zero attached hydrogens (tertiary/aromatic N) is 4. The van der Waals surface area contributed by atoms with Crippen molar-refractivity contribution in [3.05, 3.63) is 33.8 Å². The maximum atomic E-state index is 13.3. The molecule has 2 saturated heterocycles. The van der Waals surface area contributed by atoms with E-state index in [0.29, 0.717) is 30.9 Å². The topological polar surface area (TPSA) is 118 Å². The Morgan fingerprint density at radius 2 is 2.16 bits per heavy atom. The van der Waals surface area contributed by atoms with Crippen LogP contribution in [-0.4, -0.2) is 67.3 Å². The first kappa shape index (κ1) is 20.7. The minimum Gasteiger partial charge on any atom is -0.492 e. The summed E-state index contributed by atoms with van der Waals surface area (Å²) in [6.07, 6.45) is 7.27. The minimum absolute atomic E-state index is 0.0453. The number of morpholine rings is 1. The molecule has 3 fully saturated rings. The normalized spacial score (nSPS) is 22.5. The van der Waals surface area contributed by atoms with Crippen LogP contribution < -0.4 is 10.9 Å². The van der Waals surface area contributed by atoms with E-state index in [-0.39, 0.29) is 35.6 Å². The van der Waals surface area contributed by atoms with Gasteiger partial charge in [-0.15, -0.1) is 0 Å². The van der Waals surface area contributed by atoms with Crippen molar-refractivity contribution in [2.24, 2.45) is 5.92 Å². The van der Waals surface area contributed by atoms with E-state index < -0.39 is 17.3 Å². The fourth-order valence-electron chi connectivity index (χ4n) is 4.47. The van der Waals surface area contributed by atoms with Gasteiger partial charge in [0.25, 0.3) is 11.5 Å². The Bertz CT molecular complexity index is 1180. The van der Waals surface area contributed by atoms with E-state index in [1.54, 1.807) is 11.0 Å². The summed E-state index contributed by atoms with van der Waals surface area (Å²) < 4.78 is 8.20. The predicted octanol–water partition coefficient (Wildman–Crippen LogP) is 0.763. The van der Waals surface area contributed by atoms with E-state index >= 15 is 0 Å². The Balaban J connectivity index is 1.53. The quantitative estimate of drug-likeness (QED) is 0.639. The summed E-state index contributed by atoms with van der Waals surface area (Å²) in [6, 6.07) is 0.153. The molecule has 2 aliphatic heterocycles. The van der Waals surface area contributed by atoms with Crippen molar-refractivity contribution in [3.63, 3.8) is 0 Å². The Hall–Kier alpha value is -3.14. The number of amides is 2. The molecule has 0 unspecified atom stereocenters. The van der Waals surface area contributed by atoms with Crippen LogP contribution in [0.15, 0.2) is 17.1 Å². The number of carbonyl (C=O) groups excluding carboxylic acids is 2. The molecule has 32 heavy (non-hydrogen) atoms. The third-order valence-electron chi connectivity index (χ3n) is 6.19. The van der Waals surface area contributed by atoms with Gasteiger partial charge in [-0.1, -0.05) is 13.8 Å². The number of hydrogen-bond donors (Lipinski definition) is 2. The van der Waals surface area contributed by atoms with Gasteiger partial charge in [0, 0.05) is 30.8 Å². The van der Waals surface area contributed by atoms with Crippen LogP contribution in [0.4, 0.5) is 0 Å².